The topological polar surface area (TPSA) is 96.0 Å². The number of ether oxygens (including phenoxy) is 1. The molecule has 0 aromatic heterocycles. The van der Waals surface area contributed by atoms with Crippen molar-refractivity contribution in [2.75, 3.05) is 24.2 Å². The first-order valence-electron chi connectivity index (χ1n) is 11.1. The maximum absolute atomic E-state index is 13.6. The van der Waals surface area contributed by atoms with Crippen LogP contribution in [0.4, 0.5) is 5.69 Å². The molecule has 0 radical (unpaired) electrons. The van der Waals surface area contributed by atoms with Gasteiger partial charge in [0.1, 0.15) is 18.3 Å². The predicted octanol–water partition coefficient (Wildman–Crippen LogP) is 4.75. The van der Waals surface area contributed by atoms with Gasteiger partial charge in [-0.2, -0.15) is 0 Å². The summed E-state index contributed by atoms with van der Waals surface area (Å²) in [7, 11) is -2.43. The van der Waals surface area contributed by atoms with E-state index in [0.717, 1.165) is 16.1 Å². The zero-order valence-corrected chi connectivity index (χ0v) is 23.8. The van der Waals surface area contributed by atoms with E-state index in [1.165, 1.54) is 17.0 Å². The van der Waals surface area contributed by atoms with Crippen molar-refractivity contribution in [2.24, 2.45) is 0 Å². The van der Waals surface area contributed by atoms with Crippen LogP contribution in [0.15, 0.2) is 36.4 Å². The molecule has 8 nitrogen and oxygen atoms in total. The van der Waals surface area contributed by atoms with E-state index in [9.17, 15) is 18.0 Å². The van der Waals surface area contributed by atoms with Crippen molar-refractivity contribution in [3.05, 3.63) is 57.0 Å². The summed E-state index contributed by atoms with van der Waals surface area (Å²) >= 11 is 18.3. The van der Waals surface area contributed by atoms with Crippen LogP contribution in [-0.4, -0.2) is 57.1 Å². The van der Waals surface area contributed by atoms with Crippen molar-refractivity contribution in [3.8, 4) is 5.75 Å². The van der Waals surface area contributed by atoms with E-state index >= 15 is 0 Å². The lowest BCUT2D eigenvalue weighted by Gasteiger charge is -2.32. The quantitative estimate of drug-likeness (QED) is 0.388. The number of nitrogens with one attached hydrogen (secondary N) is 1. The van der Waals surface area contributed by atoms with E-state index < -0.39 is 28.5 Å². The lowest BCUT2D eigenvalue weighted by molar-refractivity contribution is -0.139. The normalized spacial score (nSPS) is 13.0. The first kappa shape index (κ1) is 30.0. The lowest BCUT2D eigenvalue weighted by atomic mass is 10.1. The fourth-order valence-corrected chi connectivity index (χ4v) is 4.82. The van der Waals surface area contributed by atoms with Gasteiger partial charge in [0, 0.05) is 12.6 Å². The van der Waals surface area contributed by atoms with E-state index in [4.69, 9.17) is 39.5 Å². The number of methoxy groups -OCH3 is 1. The number of rotatable bonds is 11. The molecule has 1 N–H and O–H groups in total. The molecule has 0 aliphatic rings. The molecule has 0 bridgehead atoms. The molecule has 198 valence electrons. The van der Waals surface area contributed by atoms with E-state index in [2.05, 4.69) is 5.32 Å². The summed E-state index contributed by atoms with van der Waals surface area (Å²) in [6.45, 7) is 4.84. The van der Waals surface area contributed by atoms with Crippen LogP contribution in [0.1, 0.15) is 32.8 Å². The van der Waals surface area contributed by atoms with E-state index in [-0.39, 0.29) is 39.2 Å². The number of sulfonamides is 1. The Morgan fingerprint density at radius 2 is 1.61 bits per heavy atom. The number of anilines is 1. The fraction of sp³-hybridized carbons (Fsp3) is 0.417. The van der Waals surface area contributed by atoms with E-state index in [1.54, 1.807) is 38.3 Å². The first-order valence-corrected chi connectivity index (χ1v) is 14.1. The molecule has 2 aromatic carbocycles. The number of benzene rings is 2. The van der Waals surface area contributed by atoms with Crippen molar-refractivity contribution in [3.63, 3.8) is 0 Å². The van der Waals surface area contributed by atoms with Crippen LogP contribution >= 0.6 is 34.8 Å². The number of carbonyl (C=O) groups is 2. The maximum atomic E-state index is 13.6. The lowest BCUT2D eigenvalue weighted by Crippen LogP contribution is -2.52. The minimum atomic E-state index is -3.97. The zero-order valence-electron chi connectivity index (χ0n) is 20.7. The maximum Gasteiger partial charge on any atom is 0.244 e. The molecular weight excluding hydrogens is 549 g/mol. The monoisotopic (exact) mass is 577 g/mol. The minimum absolute atomic E-state index is 0.00280. The van der Waals surface area contributed by atoms with Gasteiger partial charge in [0.25, 0.3) is 0 Å². The number of hydrogen-bond donors (Lipinski definition) is 1. The average molecular weight is 579 g/mol. The highest BCUT2D eigenvalue weighted by Gasteiger charge is 2.31. The molecule has 2 aromatic rings. The van der Waals surface area contributed by atoms with Gasteiger partial charge in [0.15, 0.2) is 0 Å². The van der Waals surface area contributed by atoms with Crippen LogP contribution < -0.4 is 14.4 Å². The van der Waals surface area contributed by atoms with Gasteiger partial charge >= 0.3 is 0 Å². The minimum Gasteiger partial charge on any atom is -0.497 e. The summed E-state index contributed by atoms with van der Waals surface area (Å²) in [5, 5.41) is 3.09. The van der Waals surface area contributed by atoms with Crippen molar-refractivity contribution in [1.82, 2.24) is 10.2 Å². The smallest absolute Gasteiger partial charge is 0.244 e. The molecule has 0 fully saturated rings. The van der Waals surface area contributed by atoms with E-state index in [0.29, 0.717) is 12.2 Å². The molecule has 0 unspecified atom stereocenters. The number of hydrogen-bond acceptors (Lipinski definition) is 5. The van der Waals surface area contributed by atoms with Gasteiger partial charge in [0.2, 0.25) is 21.8 Å². The van der Waals surface area contributed by atoms with Gasteiger partial charge in [-0.15, -0.1) is 0 Å². The number of halogens is 3. The second-order valence-electron chi connectivity index (χ2n) is 8.35. The Balaban J connectivity index is 2.45. The van der Waals surface area contributed by atoms with Gasteiger partial charge in [-0.1, -0.05) is 53.9 Å². The van der Waals surface area contributed by atoms with Crippen molar-refractivity contribution >= 4 is 62.3 Å². The first-order chi connectivity index (χ1) is 16.8. The number of carbonyl (C=O) groups excluding carboxylic acids is 2. The van der Waals surface area contributed by atoms with Crippen LogP contribution in [0.25, 0.3) is 0 Å². The van der Waals surface area contributed by atoms with Crippen LogP contribution in [0.5, 0.6) is 5.75 Å². The van der Waals surface area contributed by atoms with Gasteiger partial charge in [-0.25, -0.2) is 8.42 Å². The highest BCUT2D eigenvalue weighted by molar-refractivity contribution is 7.92. The fourth-order valence-electron chi connectivity index (χ4n) is 3.27. The second-order valence-corrected chi connectivity index (χ2v) is 11.5. The van der Waals surface area contributed by atoms with Crippen molar-refractivity contribution in [2.45, 2.75) is 45.8 Å². The van der Waals surface area contributed by atoms with Gasteiger partial charge in [-0.05, 0) is 50.1 Å². The standard InChI is InChI=1S/C24H30Cl3N3O5S/c1-6-15(2)28-24(32)16(3)29(13-17-7-9-18(35-4)10-8-17)23(31)14-30(36(5,33)34)22-12-20(26)19(25)11-21(22)27/h7-12,15-16H,6,13-14H2,1-5H3,(H,28,32)/t15-,16+/m0/s1. The average Bonchev–Trinajstić information content (AvgIpc) is 2.82. The van der Waals surface area contributed by atoms with Crippen molar-refractivity contribution < 1.29 is 22.7 Å². The third kappa shape index (κ3) is 7.90. The summed E-state index contributed by atoms with van der Waals surface area (Å²) in [6.07, 6.45) is 1.66. The van der Waals surface area contributed by atoms with Gasteiger partial charge in [-0.3, -0.25) is 13.9 Å². The molecule has 0 aliphatic carbocycles. The Labute approximate surface area is 227 Å². The third-order valence-corrected chi connectivity index (χ3v) is 7.77. The SMILES string of the molecule is CC[C@H](C)NC(=O)[C@@H](C)N(Cc1ccc(OC)cc1)C(=O)CN(c1cc(Cl)c(Cl)cc1Cl)S(C)(=O)=O. The van der Waals surface area contributed by atoms with Crippen LogP contribution in [0.3, 0.4) is 0 Å². The molecule has 0 heterocycles. The highest BCUT2D eigenvalue weighted by Crippen LogP contribution is 2.35. The Kier molecular flexibility index (Phi) is 10.7. The highest BCUT2D eigenvalue weighted by atomic mass is 35.5. The van der Waals surface area contributed by atoms with Crippen LogP contribution in [0, 0.1) is 0 Å². The number of nitrogens with zero attached hydrogens (tertiary/aromatic N) is 2. The Morgan fingerprint density at radius 3 is 2.14 bits per heavy atom. The second kappa shape index (κ2) is 12.9. The molecule has 0 saturated carbocycles. The van der Waals surface area contributed by atoms with E-state index in [1.807, 2.05) is 13.8 Å². The van der Waals surface area contributed by atoms with Gasteiger partial charge < -0.3 is 15.0 Å². The summed E-state index contributed by atoms with van der Waals surface area (Å²) < 4.78 is 31.4. The molecule has 0 saturated heterocycles. The van der Waals surface area contributed by atoms with Crippen molar-refractivity contribution in [1.29, 1.82) is 0 Å². The molecule has 0 aliphatic heterocycles. The largest absolute Gasteiger partial charge is 0.497 e. The molecule has 2 rings (SSSR count). The van der Waals surface area contributed by atoms with Crippen LogP contribution in [0.2, 0.25) is 15.1 Å². The Morgan fingerprint density at radius 1 is 1.03 bits per heavy atom. The Hall–Kier alpha value is -2.20. The summed E-state index contributed by atoms with van der Waals surface area (Å²) in [5.74, 6) is -0.327. The molecular formula is C24H30Cl3N3O5S. The molecule has 0 spiro atoms. The molecule has 2 amide bonds. The predicted molar refractivity (Wildman–Crippen MR) is 145 cm³/mol. The molecule has 12 heteroatoms. The summed E-state index contributed by atoms with van der Waals surface area (Å²) in [6, 6.07) is 8.61. The molecule has 36 heavy (non-hydrogen) atoms. The summed E-state index contributed by atoms with van der Waals surface area (Å²) in [4.78, 5) is 27.8. The third-order valence-electron chi connectivity index (χ3n) is 5.62. The Bertz CT molecular complexity index is 1190. The zero-order chi connectivity index (χ0) is 27.2. The molecule has 2 atom stereocenters. The van der Waals surface area contributed by atoms with Crippen LogP contribution in [-0.2, 0) is 26.2 Å². The number of amides is 2. The van der Waals surface area contributed by atoms with Gasteiger partial charge in [0.05, 0.1) is 34.1 Å². The summed E-state index contributed by atoms with van der Waals surface area (Å²) in [5.41, 5.74) is 0.730.